The fraction of sp³-hybridized carbons (Fsp3) is 0.615. The van der Waals surface area contributed by atoms with Gasteiger partial charge in [-0.25, -0.2) is 0 Å². The molecule has 0 spiro atoms. The lowest BCUT2D eigenvalue weighted by molar-refractivity contribution is -0.127. The van der Waals surface area contributed by atoms with Crippen LogP contribution in [-0.2, 0) is 19.2 Å². The van der Waals surface area contributed by atoms with Gasteiger partial charge in [0.1, 0.15) is 0 Å². The third kappa shape index (κ3) is 10.4. The van der Waals surface area contributed by atoms with Gasteiger partial charge in [-0.3, -0.25) is 19.2 Å². The van der Waals surface area contributed by atoms with E-state index in [-0.39, 0.29) is 54.0 Å². The topological polar surface area (TPSA) is 130 Å². The van der Waals surface area contributed by atoms with E-state index in [9.17, 15) is 19.2 Å². The quantitative estimate of drug-likeness (QED) is 0.290. The van der Waals surface area contributed by atoms with Crippen LogP contribution in [-0.4, -0.2) is 30.3 Å². The molecule has 0 aromatic heterocycles. The summed E-state index contributed by atoms with van der Waals surface area (Å²) >= 11 is 0. The number of aryl methyl sites for hydroxylation is 1. The molecule has 0 bridgehead atoms. The number of hydrogen-bond acceptors (Lipinski definition) is 4. The second-order valence-corrected chi connectivity index (χ2v) is 9.18. The van der Waals surface area contributed by atoms with Crippen molar-refractivity contribution in [3.63, 3.8) is 0 Å². The van der Waals surface area contributed by atoms with Gasteiger partial charge in [-0.1, -0.05) is 45.4 Å². The Morgan fingerprint density at radius 3 is 1.82 bits per heavy atom. The van der Waals surface area contributed by atoms with Gasteiger partial charge >= 0.3 is 0 Å². The molecule has 0 saturated carbocycles. The minimum atomic E-state index is -0.354. The van der Waals surface area contributed by atoms with Crippen molar-refractivity contribution in [2.45, 2.75) is 73.1 Å². The highest BCUT2D eigenvalue weighted by Gasteiger charge is 2.24. The second kappa shape index (κ2) is 15.1. The number of hydrogen-bond donors (Lipinski definition) is 4. The summed E-state index contributed by atoms with van der Waals surface area (Å²) in [6.07, 6.45) is 3.41. The van der Waals surface area contributed by atoms with E-state index >= 15 is 0 Å². The lowest BCUT2D eigenvalue weighted by Crippen LogP contribution is -2.41. The van der Waals surface area contributed by atoms with E-state index < -0.39 is 0 Å². The molecule has 0 aliphatic rings. The number of benzene rings is 1. The van der Waals surface area contributed by atoms with Crippen LogP contribution < -0.4 is 21.7 Å². The highest BCUT2D eigenvalue weighted by atomic mass is 16.2. The van der Waals surface area contributed by atoms with Crippen LogP contribution in [0.2, 0.25) is 0 Å². The molecule has 0 radical (unpaired) electrons. The Labute approximate surface area is 203 Å². The van der Waals surface area contributed by atoms with Crippen LogP contribution >= 0.6 is 0 Å². The van der Waals surface area contributed by atoms with Crippen molar-refractivity contribution < 1.29 is 19.2 Å². The Morgan fingerprint density at radius 2 is 1.29 bits per heavy atom. The van der Waals surface area contributed by atoms with Crippen LogP contribution in [0.1, 0.15) is 71.8 Å². The van der Waals surface area contributed by atoms with Crippen molar-refractivity contribution in [3.05, 3.63) is 29.8 Å². The van der Waals surface area contributed by atoms with Gasteiger partial charge in [-0.05, 0) is 57.6 Å². The molecule has 8 nitrogen and oxygen atoms in total. The molecular formula is C26H42N4O4. The molecule has 1 rings (SSSR count). The summed E-state index contributed by atoms with van der Waals surface area (Å²) in [6.45, 7) is 9.54. The average Bonchev–Trinajstić information content (AvgIpc) is 2.81. The predicted octanol–water partition coefficient (Wildman–Crippen LogP) is 3.49. The Balaban J connectivity index is 2.69. The number of carbonyl (C=O) groups is 4. The summed E-state index contributed by atoms with van der Waals surface area (Å²) in [7, 11) is 0. The molecule has 0 aliphatic carbocycles. The maximum atomic E-state index is 13.0. The second-order valence-electron chi connectivity index (χ2n) is 9.18. The fourth-order valence-corrected chi connectivity index (χ4v) is 3.57. The third-order valence-corrected chi connectivity index (χ3v) is 6.43. The smallest absolute Gasteiger partial charge is 0.227 e. The van der Waals surface area contributed by atoms with E-state index in [0.29, 0.717) is 37.8 Å². The molecule has 4 unspecified atom stereocenters. The van der Waals surface area contributed by atoms with E-state index in [1.807, 2.05) is 52.0 Å². The summed E-state index contributed by atoms with van der Waals surface area (Å²) in [4.78, 5) is 48.9. The number of nitrogens with two attached hydrogens (primary N) is 1. The normalized spacial score (nSPS) is 14.4. The summed E-state index contributed by atoms with van der Waals surface area (Å²) in [5.41, 5.74) is 7.29. The molecule has 0 saturated heterocycles. The van der Waals surface area contributed by atoms with Crippen molar-refractivity contribution in [2.75, 3.05) is 12.0 Å². The van der Waals surface area contributed by atoms with Gasteiger partial charge in [-0.2, -0.15) is 0 Å². The first kappa shape index (κ1) is 29.1. The molecule has 0 heterocycles. The molecule has 4 atom stereocenters. The Morgan fingerprint density at radius 1 is 0.765 bits per heavy atom. The number of nitrogens with one attached hydrogen (secondary N) is 3. The first-order valence-corrected chi connectivity index (χ1v) is 12.3. The maximum absolute atomic E-state index is 13.0. The van der Waals surface area contributed by atoms with Gasteiger partial charge in [0, 0.05) is 29.4 Å². The molecule has 0 fully saturated rings. The lowest BCUT2D eigenvalue weighted by Gasteiger charge is -2.21. The zero-order valence-corrected chi connectivity index (χ0v) is 21.3. The average molecular weight is 475 g/mol. The summed E-state index contributed by atoms with van der Waals surface area (Å²) < 4.78 is 0. The van der Waals surface area contributed by atoms with Gasteiger partial charge in [0.25, 0.3) is 0 Å². The standard InChI is InChI=1S/C26H42N4O4/c1-6-18(4)24(32)28-16-29-25(33)19(5)10-11-21(13-12-20(7-2)23(27)31)26(34)30-22-14-8-17(3)9-15-22/h8-9,14-15,18-21H,6-7,10-13,16H2,1-5H3,(H2,27,31)(H,28,32)(H,29,33)(H,30,34). The van der Waals surface area contributed by atoms with E-state index in [1.54, 1.807) is 6.92 Å². The largest absolute Gasteiger partial charge is 0.369 e. The number of rotatable bonds is 15. The predicted molar refractivity (Wildman–Crippen MR) is 135 cm³/mol. The van der Waals surface area contributed by atoms with E-state index in [2.05, 4.69) is 16.0 Å². The molecule has 5 N–H and O–H groups in total. The molecule has 4 amide bonds. The molecule has 1 aromatic carbocycles. The summed E-state index contributed by atoms with van der Waals surface area (Å²) in [5, 5.41) is 8.39. The lowest BCUT2D eigenvalue weighted by atomic mass is 9.88. The minimum absolute atomic E-state index is 0.0838. The van der Waals surface area contributed by atoms with Crippen LogP contribution in [0.4, 0.5) is 5.69 Å². The van der Waals surface area contributed by atoms with Crippen LogP contribution in [0.25, 0.3) is 0 Å². The first-order chi connectivity index (χ1) is 16.1. The molecule has 190 valence electrons. The zero-order valence-electron chi connectivity index (χ0n) is 21.3. The van der Waals surface area contributed by atoms with Crippen molar-refractivity contribution in [2.24, 2.45) is 29.4 Å². The zero-order chi connectivity index (χ0) is 25.7. The summed E-state index contributed by atoms with van der Waals surface area (Å²) in [6, 6.07) is 7.56. The summed E-state index contributed by atoms with van der Waals surface area (Å²) in [5.74, 6) is -1.81. The van der Waals surface area contributed by atoms with Gasteiger partial charge in [0.2, 0.25) is 23.6 Å². The SMILES string of the molecule is CCC(C)C(=O)NCNC(=O)C(C)CCC(CCC(CC)C(N)=O)C(=O)Nc1ccc(C)cc1. The van der Waals surface area contributed by atoms with E-state index in [0.717, 1.165) is 12.0 Å². The van der Waals surface area contributed by atoms with Crippen LogP contribution in [0.15, 0.2) is 24.3 Å². The molecule has 8 heteroatoms. The Kier molecular flexibility index (Phi) is 12.9. The third-order valence-electron chi connectivity index (χ3n) is 6.43. The first-order valence-electron chi connectivity index (χ1n) is 12.3. The fourth-order valence-electron chi connectivity index (χ4n) is 3.57. The van der Waals surface area contributed by atoms with Crippen molar-refractivity contribution >= 4 is 29.3 Å². The van der Waals surface area contributed by atoms with Crippen molar-refractivity contribution in [1.82, 2.24) is 10.6 Å². The molecule has 0 aliphatic heterocycles. The van der Waals surface area contributed by atoms with Gasteiger partial charge in [-0.15, -0.1) is 0 Å². The molecule has 1 aromatic rings. The molecule has 34 heavy (non-hydrogen) atoms. The number of carbonyl (C=O) groups excluding carboxylic acids is 4. The van der Waals surface area contributed by atoms with E-state index in [1.165, 1.54) is 0 Å². The van der Waals surface area contributed by atoms with Gasteiger partial charge < -0.3 is 21.7 Å². The highest BCUT2D eigenvalue weighted by Crippen LogP contribution is 2.23. The molecular weight excluding hydrogens is 432 g/mol. The maximum Gasteiger partial charge on any atom is 0.227 e. The monoisotopic (exact) mass is 474 g/mol. The Bertz CT molecular complexity index is 810. The van der Waals surface area contributed by atoms with Crippen molar-refractivity contribution in [1.29, 1.82) is 0 Å². The van der Waals surface area contributed by atoms with Crippen molar-refractivity contribution in [3.8, 4) is 0 Å². The van der Waals surface area contributed by atoms with Gasteiger partial charge in [0.15, 0.2) is 0 Å². The van der Waals surface area contributed by atoms with Crippen LogP contribution in [0, 0.1) is 30.6 Å². The number of amides is 4. The van der Waals surface area contributed by atoms with Crippen LogP contribution in [0.3, 0.4) is 0 Å². The number of primary amides is 1. The number of anilines is 1. The van der Waals surface area contributed by atoms with E-state index in [4.69, 9.17) is 5.73 Å². The van der Waals surface area contributed by atoms with Crippen LogP contribution in [0.5, 0.6) is 0 Å². The Hall–Kier alpha value is -2.90. The highest BCUT2D eigenvalue weighted by molar-refractivity contribution is 5.92. The van der Waals surface area contributed by atoms with Gasteiger partial charge in [0.05, 0.1) is 6.67 Å². The minimum Gasteiger partial charge on any atom is -0.369 e.